The third-order valence-corrected chi connectivity index (χ3v) is 5.97. The molecule has 1 aromatic carbocycles. The Morgan fingerprint density at radius 1 is 1.13 bits per heavy atom. The van der Waals surface area contributed by atoms with Gasteiger partial charge in [0.1, 0.15) is 0 Å². The number of carbonyl (C=O) groups is 2. The van der Waals surface area contributed by atoms with Crippen LogP contribution in [0.25, 0.3) is 0 Å². The zero-order chi connectivity index (χ0) is 22.0. The largest absolute Gasteiger partial charge is 0.503 e. The van der Waals surface area contributed by atoms with Crippen molar-refractivity contribution in [2.45, 2.75) is 25.8 Å². The number of aliphatic hydroxyl groups is 1. The summed E-state index contributed by atoms with van der Waals surface area (Å²) >= 11 is 0. The van der Waals surface area contributed by atoms with Gasteiger partial charge in [-0.15, -0.1) is 0 Å². The van der Waals surface area contributed by atoms with Gasteiger partial charge in [0.2, 0.25) is 5.78 Å². The van der Waals surface area contributed by atoms with Gasteiger partial charge in [0, 0.05) is 26.2 Å². The SMILES string of the molecule is CC(C)c1ccc([C@H]2C(C(=O)c3ccco3)=C(O)C(=O)N2CCN2CCOCC2)cc1. The van der Waals surface area contributed by atoms with Crippen molar-refractivity contribution in [2.24, 2.45) is 0 Å². The fraction of sp³-hybridized carbons (Fsp3) is 0.417. The maximum absolute atomic E-state index is 13.2. The van der Waals surface area contributed by atoms with Crippen LogP contribution in [0.2, 0.25) is 0 Å². The van der Waals surface area contributed by atoms with Crippen LogP contribution in [0.5, 0.6) is 0 Å². The highest BCUT2D eigenvalue weighted by Crippen LogP contribution is 2.39. The van der Waals surface area contributed by atoms with E-state index in [1.165, 1.54) is 11.8 Å². The lowest BCUT2D eigenvalue weighted by molar-refractivity contribution is -0.129. The second-order valence-corrected chi connectivity index (χ2v) is 8.25. The Morgan fingerprint density at radius 2 is 1.84 bits per heavy atom. The normalized spacial score (nSPS) is 20.2. The number of morpholine rings is 1. The van der Waals surface area contributed by atoms with E-state index in [1.807, 2.05) is 24.3 Å². The summed E-state index contributed by atoms with van der Waals surface area (Å²) in [4.78, 5) is 30.0. The van der Waals surface area contributed by atoms with Crippen LogP contribution in [0.3, 0.4) is 0 Å². The Kier molecular flexibility index (Phi) is 6.25. The molecule has 0 bridgehead atoms. The van der Waals surface area contributed by atoms with Crippen LogP contribution in [0.15, 0.2) is 58.4 Å². The van der Waals surface area contributed by atoms with E-state index < -0.39 is 23.5 Å². The average Bonchev–Trinajstić information content (AvgIpc) is 3.41. The third kappa shape index (κ3) is 4.29. The van der Waals surface area contributed by atoms with Crippen molar-refractivity contribution in [1.82, 2.24) is 9.80 Å². The monoisotopic (exact) mass is 424 g/mol. The summed E-state index contributed by atoms with van der Waals surface area (Å²) in [5.41, 5.74) is 2.03. The van der Waals surface area contributed by atoms with Crippen molar-refractivity contribution < 1.29 is 23.8 Å². The van der Waals surface area contributed by atoms with Crippen LogP contribution in [0, 0.1) is 0 Å². The van der Waals surface area contributed by atoms with Gasteiger partial charge in [-0.05, 0) is 29.2 Å². The smallest absolute Gasteiger partial charge is 0.290 e. The van der Waals surface area contributed by atoms with Crippen molar-refractivity contribution in [3.8, 4) is 0 Å². The minimum Gasteiger partial charge on any atom is -0.503 e. The van der Waals surface area contributed by atoms with Crippen LogP contribution in [-0.2, 0) is 9.53 Å². The summed E-state index contributed by atoms with van der Waals surface area (Å²) < 4.78 is 10.7. The lowest BCUT2D eigenvalue weighted by Crippen LogP contribution is -2.43. The van der Waals surface area contributed by atoms with Crippen molar-refractivity contribution in [1.29, 1.82) is 0 Å². The molecule has 0 saturated carbocycles. The first-order chi connectivity index (χ1) is 15.0. The zero-order valence-electron chi connectivity index (χ0n) is 17.9. The van der Waals surface area contributed by atoms with Gasteiger partial charge in [-0.25, -0.2) is 0 Å². The van der Waals surface area contributed by atoms with Crippen LogP contribution in [-0.4, -0.2) is 66.0 Å². The number of ether oxygens (including phenoxy) is 1. The van der Waals surface area contributed by atoms with Crippen molar-refractivity contribution in [3.63, 3.8) is 0 Å². The van der Waals surface area contributed by atoms with E-state index in [0.29, 0.717) is 32.2 Å². The molecule has 1 amide bonds. The van der Waals surface area contributed by atoms with Gasteiger partial charge >= 0.3 is 0 Å². The minimum absolute atomic E-state index is 0.0687. The Balaban J connectivity index is 1.66. The fourth-order valence-electron chi connectivity index (χ4n) is 4.14. The fourth-order valence-corrected chi connectivity index (χ4v) is 4.14. The van der Waals surface area contributed by atoms with Crippen molar-refractivity contribution in [2.75, 3.05) is 39.4 Å². The first-order valence-corrected chi connectivity index (χ1v) is 10.7. The number of nitrogens with zero attached hydrogens (tertiary/aromatic N) is 2. The highest BCUT2D eigenvalue weighted by molar-refractivity contribution is 6.15. The summed E-state index contributed by atoms with van der Waals surface area (Å²) in [5, 5.41) is 10.7. The molecule has 1 fully saturated rings. The third-order valence-electron chi connectivity index (χ3n) is 5.97. The van der Waals surface area contributed by atoms with Crippen LogP contribution >= 0.6 is 0 Å². The summed E-state index contributed by atoms with van der Waals surface area (Å²) in [6.07, 6.45) is 1.41. The number of ketones is 1. The molecule has 2 aromatic rings. The molecule has 0 spiro atoms. The molecular formula is C24H28N2O5. The molecule has 3 heterocycles. The molecular weight excluding hydrogens is 396 g/mol. The van der Waals surface area contributed by atoms with Gasteiger partial charge in [-0.2, -0.15) is 0 Å². The molecule has 1 atom stereocenters. The highest BCUT2D eigenvalue weighted by atomic mass is 16.5. The number of benzene rings is 1. The van der Waals surface area contributed by atoms with Gasteiger partial charge in [0.25, 0.3) is 5.91 Å². The number of rotatable bonds is 7. The van der Waals surface area contributed by atoms with Crippen LogP contribution in [0.1, 0.15) is 47.5 Å². The first-order valence-electron chi connectivity index (χ1n) is 10.7. The number of furan rings is 1. The Bertz CT molecular complexity index is 956. The molecule has 7 nitrogen and oxygen atoms in total. The summed E-state index contributed by atoms with van der Waals surface area (Å²) in [5.74, 6) is -1.02. The predicted octanol–water partition coefficient (Wildman–Crippen LogP) is 3.31. The lowest BCUT2D eigenvalue weighted by atomic mass is 9.93. The zero-order valence-corrected chi connectivity index (χ0v) is 17.9. The second kappa shape index (κ2) is 9.08. The van der Waals surface area contributed by atoms with Crippen molar-refractivity contribution >= 4 is 11.7 Å². The van der Waals surface area contributed by atoms with Gasteiger partial charge in [-0.3, -0.25) is 14.5 Å². The van der Waals surface area contributed by atoms with Gasteiger partial charge < -0.3 is 19.2 Å². The molecule has 0 unspecified atom stereocenters. The summed E-state index contributed by atoms with van der Waals surface area (Å²) in [6, 6.07) is 10.4. The van der Waals surface area contributed by atoms with Crippen molar-refractivity contribution in [3.05, 3.63) is 70.9 Å². The van der Waals surface area contributed by atoms with Crippen LogP contribution in [0.4, 0.5) is 0 Å². The number of amides is 1. The standard InChI is InChI=1S/C24H28N2O5/c1-16(2)17-5-7-18(8-6-17)21-20(22(27)19-4-3-13-31-19)23(28)24(29)26(21)10-9-25-11-14-30-15-12-25/h3-8,13,16,21,28H,9-12,14-15H2,1-2H3/t21-/m0/s1. The Hall–Kier alpha value is -2.90. The summed E-state index contributed by atoms with van der Waals surface area (Å²) in [6.45, 7) is 8.20. The molecule has 1 N–H and O–H groups in total. The Labute approximate surface area is 181 Å². The maximum atomic E-state index is 13.2. The van der Waals surface area contributed by atoms with E-state index in [1.54, 1.807) is 17.0 Å². The number of Topliss-reactive ketones (excluding diaryl/α,β-unsaturated/α-hetero) is 1. The number of hydrogen-bond acceptors (Lipinski definition) is 6. The minimum atomic E-state index is -0.660. The van der Waals surface area contributed by atoms with E-state index in [-0.39, 0.29) is 11.3 Å². The second-order valence-electron chi connectivity index (χ2n) is 8.25. The van der Waals surface area contributed by atoms with E-state index in [2.05, 4.69) is 18.7 Å². The van der Waals surface area contributed by atoms with Gasteiger partial charge in [0.05, 0.1) is 31.1 Å². The maximum Gasteiger partial charge on any atom is 0.290 e. The first kappa shape index (κ1) is 21.3. The van der Waals surface area contributed by atoms with Crippen LogP contribution < -0.4 is 0 Å². The molecule has 2 aliphatic heterocycles. The number of aliphatic hydroxyl groups excluding tert-OH is 1. The number of hydrogen-bond donors (Lipinski definition) is 1. The number of carbonyl (C=O) groups excluding carboxylic acids is 2. The summed E-state index contributed by atoms with van der Waals surface area (Å²) in [7, 11) is 0. The highest BCUT2D eigenvalue weighted by Gasteiger charge is 2.44. The van der Waals surface area contributed by atoms with E-state index in [9.17, 15) is 14.7 Å². The van der Waals surface area contributed by atoms with E-state index in [4.69, 9.17) is 9.15 Å². The molecule has 0 radical (unpaired) electrons. The van der Waals surface area contributed by atoms with Gasteiger partial charge in [-0.1, -0.05) is 38.1 Å². The van der Waals surface area contributed by atoms with E-state index >= 15 is 0 Å². The molecule has 164 valence electrons. The molecule has 1 aromatic heterocycles. The Morgan fingerprint density at radius 3 is 2.45 bits per heavy atom. The molecule has 0 aliphatic carbocycles. The molecule has 4 rings (SSSR count). The lowest BCUT2D eigenvalue weighted by Gasteiger charge is -2.31. The predicted molar refractivity (Wildman–Crippen MR) is 115 cm³/mol. The molecule has 7 heteroatoms. The van der Waals surface area contributed by atoms with E-state index in [0.717, 1.165) is 18.7 Å². The quantitative estimate of drug-likeness (QED) is 0.687. The average molecular weight is 424 g/mol. The molecule has 2 aliphatic rings. The molecule has 1 saturated heterocycles. The van der Waals surface area contributed by atoms with Gasteiger partial charge in [0.15, 0.2) is 11.5 Å². The topological polar surface area (TPSA) is 83.2 Å². The molecule has 31 heavy (non-hydrogen) atoms.